The fourth-order valence-corrected chi connectivity index (χ4v) is 2.66. The van der Waals surface area contributed by atoms with Gasteiger partial charge in [0.2, 0.25) is 0 Å². The molecule has 102 valence electrons. The lowest BCUT2D eigenvalue weighted by molar-refractivity contribution is 0.310. The van der Waals surface area contributed by atoms with E-state index in [1.807, 2.05) is 18.7 Å². The molecular formula is C14H26N4. The third-order valence-corrected chi connectivity index (χ3v) is 3.68. The van der Waals surface area contributed by atoms with Crippen LogP contribution in [0.2, 0.25) is 0 Å². The predicted molar refractivity (Wildman–Crippen MR) is 74.6 cm³/mol. The van der Waals surface area contributed by atoms with Crippen molar-refractivity contribution in [2.24, 2.45) is 5.92 Å². The van der Waals surface area contributed by atoms with E-state index in [0.717, 1.165) is 19.0 Å². The minimum absolute atomic E-state index is 0.866. The van der Waals surface area contributed by atoms with Crippen molar-refractivity contribution >= 4 is 0 Å². The van der Waals surface area contributed by atoms with E-state index >= 15 is 0 Å². The quantitative estimate of drug-likeness (QED) is 0.711. The van der Waals surface area contributed by atoms with Crippen molar-refractivity contribution < 1.29 is 0 Å². The predicted octanol–water partition coefficient (Wildman–Crippen LogP) is 1.59. The number of nitrogens with zero attached hydrogens (tertiary/aromatic N) is 3. The van der Waals surface area contributed by atoms with Gasteiger partial charge in [0.25, 0.3) is 0 Å². The molecule has 0 saturated carbocycles. The van der Waals surface area contributed by atoms with Crippen molar-refractivity contribution in [3.05, 3.63) is 18.7 Å². The Kier molecular flexibility index (Phi) is 5.68. The summed E-state index contributed by atoms with van der Waals surface area (Å²) in [6, 6.07) is 0. The zero-order valence-corrected chi connectivity index (χ0v) is 11.5. The highest BCUT2D eigenvalue weighted by Crippen LogP contribution is 2.15. The zero-order chi connectivity index (χ0) is 12.6. The lowest BCUT2D eigenvalue weighted by Gasteiger charge is -2.16. The normalized spacial score (nSPS) is 20.6. The molecule has 1 atom stereocenters. The molecule has 0 bridgehead atoms. The Morgan fingerprint density at radius 1 is 1.39 bits per heavy atom. The molecule has 1 saturated heterocycles. The van der Waals surface area contributed by atoms with Crippen LogP contribution in [-0.4, -0.2) is 47.2 Å². The molecule has 0 radical (unpaired) electrons. The second-order valence-corrected chi connectivity index (χ2v) is 5.31. The van der Waals surface area contributed by atoms with E-state index in [9.17, 15) is 0 Å². The van der Waals surface area contributed by atoms with Gasteiger partial charge in [0.15, 0.2) is 0 Å². The minimum Gasteiger partial charge on any atom is -0.337 e. The van der Waals surface area contributed by atoms with Crippen molar-refractivity contribution in [2.75, 3.05) is 32.7 Å². The van der Waals surface area contributed by atoms with Crippen molar-refractivity contribution in [1.82, 2.24) is 19.8 Å². The summed E-state index contributed by atoms with van der Waals surface area (Å²) in [4.78, 5) is 6.67. The van der Waals surface area contributed by atoms with Gasteiger partial charge < -0.3 is 14.8 Å². The first-order valence-electron chi connectivity index (χ1n) is 7.27. The van der Waals surface area contributed by atoms with E-state index in [0.29, 0.717) is 0 Å². The number of imidazole rings is 1. The summed E-state index contributed by atoms with van der Waals surface area (Å²) >= 11 is 0. The Labute approximate surface area is 110 Å². The number of rotatable bonds is 8. The van der Waals surface area contributed by atoms with Crippen LogP contribution in [0.1, 0.15) is 26.2 Å². The summed E-state index contributed by atoms with van der Waals surface area (Å²) in [5.74, 6) is 0.866. The van der Waals surface area contributed by atoms with E-state index in [1.54, 1.807) is 0 Å². The zero-order valence-electron chi connectivity index (χ0n) is 11.5. The summed E-state index contributed by atoms with van der Waals surface area (Å²) in [6.07, 6.45) is 9.63. The first kappa shape index (κ1) is 13.6. The average molecular weight is 250 g/mol. The van der Waals surface area contributed by atoms with Crippen molar-refractivity contribution in [3.8, 4) is 0 Å². The fourth-order valence-electron chi connectivity index (χ4n) is 2.66. The monoisotopic (exact) mass is 250 g/mol. The van der Waals surface area contributed by atoms with E-state index in [2.05, 4.69) is 26.7 Å². The fraction of sp³-hybridized carbons (Fsp3) is 0.786. The molecule has 2 heterocycles. The SMILES string of the molecule is CCCNCC1CCN(CCCn2ccnc2)C1. The molecule has 1 N–H and O–H groups in total. The summed E-state index contributed by atoms with van der Waals surface area (Å²) in [7, 11) is 0. The number of hydrogen-bond donors (Lipinski definition) is 1. The molecule has 4 heteroatoms. The molecule has 2 rings (SSSR count). The van der Waals surface area contributed by atoms with Crippen molar-refractivity contribution in [2.45, 2.75) is 32.7 Å². The molecule has 1 unspecified atom stereocenters. The van der Waals surface area contributed by atoms with Gasteiger partial charge in [-0.2, -0.15) is 0 Å². The van der Waals surface area contributed by atoms with Crippen LogP contribution in [0, 0.1) is 5.92 Å². The van der Waals surface area contributed by atoms with Crippen LogP contribution in [-0.2, 0) is 6.54 Å². The van der Waals surface area contributed by atoms with Crippen LogP contribution in [0.5, 0.6) is 0 Å². The highest BCUT2D eigenvalue weighted by molar-refractivity contribution is 4.78. The molecule has 1 aliphatic rings. The number of nitrogens with one attached hydrogen (secondary N) is 1. The molecule has 1 aromatic heterocycles. The molecule has 0 aliphatic carbocycles. The van der Waals surface area contributed by atoms with E-state index in [1.165, 1.54) is 45.4 Å². The van der Waals surface area contributed by atoms with Gasteiger partial charge in [-0.3, -0.25) is 0 Å². The third kappa shape index (κ3) is 4.42. The third-order valence-electron chi connectivity index (χ3n) is 3.68. The molecule has 0 amide bonds. The lowest BCUT2D eigenvalue weighted by Crippen LogP contribution is -2.27. The maximum atomic E-state index is 4.07. The highest BCUT2D eigenvalue weighted by Gasteiger charge is 2.21. The van der Waals surface area contributed by atoms with Crippen LogP contribution in [0.15, 0.2) is 18.7 Å². The summed E-state index contributed by atoms with van der Waals surface area (Å²) in [5.41, 5.74) is 0. The Bertz CT molecular complexity index is 310. The first-order chi connectivity index (χ1) is 8.88. The standard InChI is InChI=1S/C14H26N4/c1-2-5-15-11-14-4-9-17(12-14)7-3-8-18-10-6-16-13-18/h6,10,13-15H,2-5,7-9,11-12H2,1H3. The van der Waals surface area contributed by atoms with Gasteiger partial charge in [-0.05, 0) is 51.4 Å². The minimum atomic E-state index is 0.866. The van der Waals surface area contributed by atoms with Crippen LogP contribution in [0.25, 0.3) is 0 Å². The van der Waals surface area contributed by atoms with Crippen LogP contribution in [0.3, 0.4) is 0 Å². The molecule has 0 aromatic carbocycles. The second-order valence-electron chi connectivity index (χ2n) is 5.31. The van der Waals surface area contributed by atoms with Gasteiger partial charge in [0.1, 0.15) is 0 Å². The van der Waals surface area contributed by atoms with Gasteiger partial charge in [-0.25, -0.2) is 4.98 Å². The van der Waals surface area contributed by atoms with Gasteiger partial charge in [0.05, 0.1) is 6.33 Å². The van der Waals surface area contributed by atoms with E-state index in [4.69, 9.17) is 0 Å². The molecule has 4 nitrogen and oxygen atoms in total. The number of aryl methyl sites for hydroxylation is 1. The number of likely N-dealkylation sites (tertiary alicyclic amines) is 1. The second kappa shape index (κ2) is 7.54. The summed E-state index contributed by atoms with van der Waals surface area (Å²) < 4.78 is 2.16. The van der Waals surface area contributed by atoms with Gasteiger partial charge in [-0.1, -0.05) is 6.92 Å². The Balaban J connectivity index is 1.55. The topological polar surface area (TPSA) is 33.1 Å². The molecule has 18 heavy (non-hydrogen) atoms. The van der Waals surface area contributed by atoms with Gasteiger partial charge in [0, 0.05) is 25.5 Å². The van der Waals surface area contributed by atoms with Gasteiger partial charge in [-0.15, -0.1) is 0 Å². The summed E-state index contributed by atoms with van der Waals surface area (Å²) in [6.45, 7) is 9.47. The molecule has 1 aromatic rings. The number of aromatic nitrogens is 2. The Morgan fingerprint density at radius 2 is 2.33 bits per heavy atom. The molecule has 1 aliphatic heterocycles. The largest absolute Gasteiger partial charge is 0.337 e. The van der Waals surface area contributed by atoms with E-state index < -0.39 is 0 Å². The van der Waals surface area contributed by atoms with Crippen molar-refractivity contribution in [1.29, 1.82) is 0 Å². The highest BCUT2D eigenvalue weighted by atomic mass is 15.2. The number of hydrogen-bond acceptors (Lipinski definition) is 3. The Hall–Kier alpha value is -0.870. The van der Waals surface area contributed by atoms with Crippen LogP contribution < -0.4 is 5.32 Å². The summed E-state index contributed by atoms with van der Waals surface area (Å²) in [5, 5.41) is 3.54. The van der Waals surface area contributed by atoms with Crippen LogP contribution >= 0.6 is 0 Å². The lowest BCUT2D eigenvalue weighted by atomic mass is 10.1. The Morgan fingerprint density at radius 3 is 3.11 bits per heavy atom. The maximum Gasteiger partial charge on any atom is 0.0945 e. The maximum absolute atomic E-state index is 4.07. The van der Waals surface area contributed by atoms with Gasteiger partial charge >= 0.3 is 0 Å². The van der Waals surface area contributed by atoms with E-state index in [-0.39, 0.29) is 0 Å². The van der Waals surface area contributed by atoms with Crippen molar-refractivity contribution in [3.63, 3.8) is 0 Å². The van der Waals surface area contributed by atoms with Crippen LogP contribution in [0.4, 0.5) is 0 Å². The average Bonchev–Trinajstić information content (AvgIpc) is 3.01. The molecular weight excluding hydrogens is 224 g/mol. The smallest absolute Gasteiger partial charge is 0.0945 e. The molecule has 0 spiro atoms. The molecule has 1 fully saturated rings. The first-order valence-corrected chi connectivity index (χ1v) is 7.27.